The number of aromatic amines is 1. The van der Waals surface area contributed by atoms with Crippen LogP contribution in [-0.4, -0.2) is 18.6 Å². The van der Waals surface area contributed by atoms with Gasteiger partial charge in [0.05, 0.1) is 11.6 Å². The minimum absolute atomic E-state index is 0.0126. The molecule has 2 aromatic rings. The van der Waals surface area contributed by atoms with Gasteiger partial charge in [-0.05, 0) is 20.0 Å². The third-order valence-electron chi connectivity index (χ3n) is 2.21. The molecule has 2 N–H and O–H groups in total. The van der Waals surface area contributed by atoms with Crippen LogP contribution in [0.2, 0.25) is 0 Å². The van der Waals surface area contributed by atoms with E-state index in [-0.39, 0.29) is 5.43 Å². The second-order valence-electron chi connectivity index (χ2n) is 3.16. The van der Waals surface area contributed by atoms with Crippen molar-refractivity contribution in [2.75, 3.05) is 13.6 Å². The molecule has 0 bridgehead atoms. The number of H-pyrrole nitrogens is 1. The van der Waals surface area contributed by atoms with Crippen LogP contribution in [0.3, 0.4) is 0 Å². The summed E-state index contributed by atoms with van der Waals surface area (Å²) >= 11 is 0. The molecule has 0 aliphatic rings. The lowest BCUT2D eigenvalue weighted by molar-refractivity contribution is 0.597. The average Bonchev–Trinajstić information content (AvgIpc) is 2.59. The fourth-order valence-electron chi connectivity index (χ4n) is 1.49. The van der Waals surface area contributed by atoms with Crippen LogP contribution in [0.15, 0.2) is 27.7 Å². The van der Waals surface area contributed by atoms with Gasteiger partial charge < -0.3 is 14.7 Å². The molecule has 2 aromatic heterocycles. The Balaban J connectivity index is 2.50. The Bertz CT molecular complexity index is 484. The largest absolute Gasteiger partial charge is 0.448 e. The van der Waals surface area contributed by atoms with E-state index in [1.165, 1.54) is 6.07 Å². The van der Waals surface area contributed by atoms with Gasteiger partial charge in [-0.2, -0.15) is 0 Å². The van der Waals surface area contributed by atoms with Gasteiger partial charge in [0.2, 0.25) is 5.71 Å². The fraction of sp³-hybridized carbons (Fsp3) is 0.300. The summed E-state index contributed by atoms with van der Waals surface area (Å²) < 4.78 is 5.24. The van der Waals surface area contributed by atoms with Gasteiger partial charge in [-0.3, -0.25) is 4.79 Å². The van der Waals surface area contributed by atoms with E-state index in [4.69, 9.17) is 4.42 Å². The van der Waals surface area contributed by atoms with Crippen molar-refractivity contribution in [2.24, 2.45) is 0 Å². The van der Waals surface area contributed by atoms with E-state index in [2.05, 4.69) is 10.3 Å². The van der Waals surface area contributed by atoms with E-state index in [0.717, 1.165) is 18.5 Å². The quantitative estimate of drug-likeness (QED) is 0.759. The van der Waals surface area contributed by atoms with Crippen molar-refractivity contribution >= 4 is 11.1 Å². The molecule has 74 valence electrons. The van der Waals surface area contributed by atoms with Crippen molar-refractivity contribution in [1.82, 2.24) is 10.3 Å². The monoisotopic (exact) mass is 192 g/mol. The SMILES string of the molecule is CNCCc1coc2[nH]ccc(=O)c12. The molecule has 4 heteroatoms. The molecule has 0 spiro atoms. The summed E-state index contributed by atoms with van der Waals surface area (Å²) in [5.74, 6) is 0. The molecule has 0 atom stereocenters. The summed E-state index contributed by atoms with van der Waals surface area (Å²) in [4.78, 5) is 14.4. The predicted octanol–water partition coefficient (Wildman–Crippen LogP) is 0.883. The number of furan rings is 1. The highest BCUT2D eigenvalue weighted by molar-refractivity contribution is 5.77. The number of nitrogens with one attached hydrogen (secondary N) is 2. The molecule has 0 aliphatic carbocycles. The standard InChI is InChI=1S/C10H12N2O2/c1-11-4-2-7-6-14-10-9(7)8(13)3-5-12-10/h3,5-6,11H,2,4H2,1H3,(H,12,13). The van der Waals surface area contributed by atoms with E-state index in [9.17, 15) is 4.79 Å². The van der Waals surface area contributed by atoms with Crippen molar-refractivity contribution < 1.29 is 4.42 Å². The van der Waals surface area contributed by atoms with Gasteiger partial charge in [-0.25, -0.2) is 0 Å². The van der Waals surface area contributed by atoms with Crippen LogP contribution in [0.1, 0.15) is 5.56 Å². The zero-order valence-corrected chi connectivity index (χ0v) is 7.96. The predicted molar refractivity (Wildman–Crippen MR) is 54.5 cm³/mol. The Labute approximate surface area is 80.9 Å². The van der Waals surface area contributed by atoms with Crippen LogP contribution < -0.4 is 10.7 Å². The molecule has 0 aromatic carbocycles. The molecule has 2 rings (SSSR count). The normalized spacial score (nSPS) is 10.9. The molecule has 0 unspecified atom stereocenters. The molecular formula is C10H12N2O2. The lowest BCUT2D eigenvalue weighted by Crippen LogP contribution is -2.11. The molecule has 0 radical (unpaired) electrons. The highest BCUT2D eigenvalue weighted by Crippen LogP contribution is 2.14. The highest BCUT2D eigenvalue weighted by atomic mass is 16.3. The number of fused-ring (bicyclic) bond motifs is 1. The first-order valence-corrected chi connectivity index (χ1v) is 4.55. The number of hydrogen-bond donors (Lipinski definition) is 2. The van der Waals surface area contributed by atoms with E-state index in [1.54, 1.807) is 12.5 Å². The number of likely N-dealkylation sites (N-methyl/N-ethyl adjacent to an activating group) is 1. The molecule has 0 saturated carbocycles. The maximum Gasteiger partial charge on any atom is 0.208 e. The first-order valence-electron chi connectivity index (χ1n) is 4.55. The van der Waals surface area contributed by atoms with E-state index in [1.807, 2.05) is 7.05 Å². The van der Waals surface area contributed by atoms with Crippen molar-refractivity contribution in [3.63, 3.8) is 0 Å². The van der Waals surface area contributed by atoms with Crippen LogP contribution in [0, 0.1) is 0 Å². The van der Waals surface area contributed by atoms with E-state index < -0.39 is 0 Å². The topological polar surface area (TPSA) is 58.0 Å². The zero-order valence-electron chi connectivity index (χ0n) is 7.96. The van der Waals surface area contributed by atoms with Gasteiger partial charge in [0.1, 0.15) is 0 Å². The second kappa shape index (κ2) is 3.67. The first-order chi connectivity index (χ1) is 6.83. The first kappa shape index (κ1) is 9.02. The summed E-state index contributed by atoms with van der Waals surface area (Å²) in [6.07, 6.45) is 4.03. The lowest BCUT2D eigenvalue weighted by atomic mass is 10.1. The Morgan fingerprint density at radius 2 is 2.43 bits per heavy atom. The van der Waals surface area contributed by atoms with Gasteiger partial charge >= 0.3 is 0 Å². The van der Waals surface area contributed by atoms with Crippen molar-refractivity contribution in [2.45, 2.75) is 6.42 Å². The average molecular weight is 192 g/mol. The Kier molecular flexibility index (Phi) is 2.37. The van der Waals surface area contributed by atoms with Crippen LogP contribution in [0.5, 0.6) is 0 Å². The fourth-order valence-corrected chi connectivity index (χ4v) is 1.49. The van der Waals surface area contributed by atoms with Gasteiger partial charge in [-0.1, -0.05) is 0 Å². The maximum atomic E-state index is 11.5. The van der Waals surface area contributed by atoms with Gasteiger partial charge in [0.15, 0.2) is 5.43 Å². The molecule has 0 amide bonds. The smallest absolute Gasteiger partial charge is 0.208 e. The summed E-state index contributed by atoms with van der Waals surface area (Å²) in [5.41, 5.74) is 1.53. The Morgan fingerprint density at radius 3 is 3.21 bits per heavy atom. The van der Waals surface area contributed by atoms with Gasteiger partial charge in [0, 0.05) is 17.8 Å². The minimum Gasteiger partial charge on any atom is -0.448 e. The van der Waals surface area contributed by atoms with Crippen LogP contribution in [-0.2, 0) is 6.42 Å². The lowest BCUT2D eigenvalue weighted by Gasteiger charge is -1.95. The summed E-state index contributed by atoms with van der Waals surface area (Å²) in [6, 6.07) is 1.51. The minimum atomic E-state index is 0.0126. The van der Waals surface area contributed by atoms with E-state index in [0.29, 0.717) is 11.1 Å². The summed E-state index contributed by atoms with van der Waals surface area (Å²) in [6.45, 7) is 0.836. The zero-order chi connectivity index (χ0) is 9.97. The van der Waals surface area contributed by atoms with Crippen LogP contribution >= 0.6 is 0 Å². The summed E-state index contributed by atoms with van der Waals surface area (Å²) in [7, 11) is 1.88. The number of hydrogen-bond acceptors (Lipinski definition) is 3. The van der Waals surface area contributed by atoms with Gasteiger partial charge in [0.25, 0.3) is 0 Å². The van der Waals surface area contributed by atoms with E-state index >= 15 is 0 Å². The molecule has 0 fully saturated rings. The highest BCUT2D eigenvalue weighted by Gasteiger charge is 2.08. The third kappa shape index (κ3) is 1.44. The Hall–Kier alpha value is -1.55. The maximum absolute atomic E-state index is 11.5. The molecule has 14 heavy (non-hydrogen) atoms. The molecule has 2 heterocycles. The Morgan fingerprint density at radius 1 is 1.57 bits per heavy atom. The second-order valence-corrected chi connectivity index (χ2v) is 3.16. The third-order valence-corrected chi connectivity index (χ3v) is 2.21. The molecular weight excluding hydrogens is 180 g/mol. The molecule has 0 aliphatic heterocycles. The summed E-state index contributed by atoms with van der Waals surface area (Å²) in [5, 5.41) is 3.71. The van der Waals surface area contributed by atoms with Crippen molar-refractivity contribution in [1.29, 1.82) is 0 Å². The number of aromatic nitrogens is 1. The molecule has 4 nitrogen and oxygen atoms in total. The van der Waals surface area contributed by atoms with Gasteiger partial charge in [-0.15, -0.1) is 0 Å². The van der Waals surface area contributed by atoms with Crippen molar-refractivity contribution in [3.05, 3.63) is 34.3 Å². The van der Waals surface area contributed by atoms with Crippen molar-refractivity contribution in [3.8, 4) is 0 Å². The number of rotatable bonds is 3. The van der Waals surface area contributed by atoms with Crippen LogP contribution in [0.25, 0.3) is 11.1 Å². The van der Waals surface area contributed by atoms with Crippen LogP contribution in [0.4, 0.5) is 0 Å². The number of pyridine rings is 1. The molecule has 0 saturated heterocycles.